The molecule has 3 nitrogen and oxygen atoms in total. The largest absolute Gasteiger partial charge is 0.491 e. The van der Waals surface area contributed by atoms with Crippen LogP contribution in [-0.2, 0) is 9.53 Å². The number of Topliss-reactive ketones (excluding diaryl/α,β-unsaturated/α-hetero) is 1. The number of carbonyl (C=O) groups is 1. The zero-order valence-electron chi connectivity index (χ0n) is 6.44. The lowest BCUT2D eigenvalue weighted by Crippen LogP contribution is -2.35. The molecule has 1 aliphatic heterocycles. The fourth-order valence-corrected chi connectivity index (χ4v) is 1.36. The van der Waals surface area contributed by atoms with Crippen molar-refractivity contribution in [3.63, 3.8) is 0 Å². The lowest BCUT2D eigenvalue weighted by Gasteiger charge is -2.26. The Balaban J connectivity index is 2.33. The van der Waals surface area contributed by atoms with Gasteiger partial charge < -0.3 is 10.5 Å². The van der Waals surface area contributed by atoms with E-state index in [0.29, 0.717) is 0 Å². The standard InChI is InChI=1S/C9H9NO2/c10-7-5-12-8-4-2-1-3-6(8)9(7)11/h1-6,8H,10H2. The van der Waals surface area contributed by atoms with Gasteiger partial charge in [0.25, 0.3) is 0 Å². The van der Waals surface area contributed by atoms with Crippen LogP contribution >= 0.6 is 0 Å². The third kappa shape index (κ3) is 0.942. The van der Waals surface area contributed by atoms with Crippen LogP contribution in [0, 0.1) is 5.92 Å². The summed E-state index contributed by atoms with van der Waals surface area (Å²) in [6.07, 6.45) is 8.53. The lowest BCUT2D eigenvalue weighted by molar-refractivity contribution is -0.121. The number of hydrogen-bond donors (Lipinski definition) is 1. The van der Waals surface area contributed by atoms with Crippen molar-refractivity contribution in [1.82, 2.24) is 0 Å². The van der Waals surface area contributed by atoms with Crippen LogP contribution < -0.4 is 5.73 Å². The fourth-order valence-electron chi connectivity index (χ4n) is 1.36. The Morgan fingerprint density at radius 3 is 2.92 bits per heavy atom. The molecule has 2 atom stereocenters. The summed E-state index contributed by atoms with van der Waals surface area (Å²) in [7, 11) is 0. The van der Waals surface area contributed by atoms with Crippen LogP contribution in [0.1, 0.15) is 0 Å². The molecule has 0 saturated carbocycles. The van der Waals surface area contributed by atoms with E-state index < -0.39 is 0 Å². The molecule has 0 aromatic rings. The van der Waals surface area contributed by atoms with Gasteiger partial charge in [0.15, 0.2) is 5.78 Å². The Labute approximate surface area is 70.2 Å². The van der Waals surface area contributed by atoms with Gasteiger partial charge in [0, 0.05) is 0 Å². The van der Waals surface area contributed by atoms with Crippen LogP contribution in [0.5, 0.6) is 0 Å². The predicted octanol–water partition coefficient (Wildman–Crippen LogP) is 0.497. The smallest absolute Gasteiger partial charge is 0.192 e. The highest BCUT2D eigenvalue weighted by molar-refractivity contribution is 5.98. The molecule has 0 radical (unpaired) electrons. The number of nitrogens with two attached hydrogens (primary N) is 1. The highest BCUT2D eigenvalue weighted by Crippen LogP contribution is 2.23. The first-order chi connectivity index (χ1) is 5.79. The van der Waals surface area contributed by atoms with Gasteiger partial charge in [0.2, 0.25) is 0 Å². The maximum absolute atomic E-state index is 11.4. The van der Waals surface area contributed by atoms with E-state index in [0.717, 1.165) is 0 Å². The van der Waals surface area contributed by atoms with Crippen LogP contribution in [0.4, 0.5) is 0 Å². The molecular formula is C9H9NO2. The van der Waals surface area contributed by atoms with Crippen LogP contribution in [0.15, 0.2) is 36.3 Å². The van der Waals surface area contributed by atoms with E-state index in [2.05, 4.69) is 0 Å². The number of rotatable bonds is 0. The van der Waals surface area contributed by atoms with Crippen molar-refractivity contribution in [1.29, 1.82) is 0 Å². The van der Waals surface area contributed by atoms with Gasteiger partial charge in [-0.2, -0.15) is 0 Å². The van der Waals surface area contributed by atoms with Gasteiger partial charge in [0.05, 0.1) is 5.92 Å². The Kier molecular flexibility index (Phi) is 1.50. The maximum atomic E-state index is 11.4. The zero-order chi connectivity index (χ0) is 8.55. The minimum Gasteiger partial charge on any atom is -0.491 e. The first-order valence-corrected chi connectivity index (χ1v) is 3.79. The molecule has 2 N–H and O–H groups in total. The Hall–Kier alpha value is -1.51. The number of carbonyl (C=O) groups excluding carboxylic acids is 1. The molecule has 62 valence electrons. The number of ether oxygens (including phenoxy) is 1. The van der Waals surface area contributed by atoms with Gasteiger partial charge in [-0.25, -0.2) is 0 Å². The van der Waals surface area contributed by atoms with Crippen molar-refractivity contribution < 1.29 is 9.53 Å². The van der Waals surface area contributed by atoms with Crippen LogP contribution in [-0.4, -0.2) is 11.9 Å². The molecule has 0 aromatic heterocycles. The average molecular weight is 163 g/mol. The summed E-state index contributed by atoms with van der Waals surface area (Å²) < 4.78 is 5.22. The summed E-state index contributed by atoms with van der Waals surface area (Å²) in [4.78, 5) is 11.4. The van der Waals surface area contributed by atoms with Crippen LogP contribution in [0.2, 0.25) is 0 Å². The zero-order valence-corrected chi connectivity index (χ0v) is 6.44. The third-order valence-corrected chi connectivity index (χ3v) is 2.02. The molecule has 0 spiro atoms. The first kappa shape index (κ1) is 7.16. The second kappa shape index (κ2) is 2.52. The third-order valence-electron chi connectivity index (χ3n) is 2.02. The van der Waals surface area contributed by atoms with E-state index in [4.69, 9.17) is 10.5 Å². The van der Waals surface area contributed by atoms with Crippen molar-refractivity contribution in [2.75, 3.05) is 0 Å². The van der Waals surface area contributed by atoms with Gasteiger partial charge in [-0.05, 0) is 6.08 Å². The fraction of sp³-hybridized carbons (Fsp3) is 0.222. The van der Waals surface area contributed by atoms with E-state index in [1.807, 2.05) is 24.3 Å². The maximum Gasteiger partial charge on any atom is 0.192 e. The summed E-state index contributed by atoms with van der Waals surface area (Å²) in [5.74, 6) is -0.271. The molecule has 0 saturated heterocycles. The van der Waals surface area contributed by atoms with Crippen LogP contribution in [0.25, 0.3) is 0 Å². The van der Waals surface area contributed by atoms with E-state index in [1.54, 1.807) is 0 Å². The second-order valence-corrected chi connectivity index (χ2v) is 2.83. The van der Waals surface area contributed by atoms with Gasteiger partial charge in [-0.1, -0.05) is 18.2 Å². The van der Waals surface area contributed by atoms with Crippen molar-refractivity contribution >= 4 is 5.78 Å². The Morgan fingerprint density at radius 1 is 1.33 bits per heavy atom. The normalized spacial score (nSPS) is 32.3. The number of fused-ring (bicyclic) bond motifs is 1. The molecule has 0 fully saturated rings. The molecule has 2 unspecified atom stereocenters. The molecule has 0 amide bonds. The SMILES string of the molecule is NC1=COC2C=CC=CC2C1=O. The molecule has 2 aliphatic rings. The molecule has 0 bridgehead atoms. The molecule has 1 aliphatic carbocycles. The van der Waals surface area contributed by atoms with Gasteiger partial charge >= 0.3 is 0 Å². The van der Waals surface area contributed by atoms with E-state index in [1.165, 1.54) is 6.26 Å². The van der Waals surface area contributed by atoms with Gasteiger partial charge in [0.1, 0.15) is 18.1 Å². The minimum absolute atomic E-state index is 0.0492. The number of allylic oxidation sites excluding steroid dienone is 3. The molecular weight excluding hydrogens is 154 g/mol. The molecule has 0 aromatic carbocycles. The number of hydrogen-bond acceptors (Lipinski definition) is 3. The summed E-state index contributed by atoms with van der Waals surface area (Å²) in [5.41, 5.74) is 5.62. The Bertz CT molecular complexity index is 302. The predicted molar refractivity (Wildman–Crippen MR) is 43.9 cm³/mol. The van der Waals surface area contributed by atoms with Crippen molar-refractivity contribution in [3.8, 4) is 0 Å². The van der Waals surface area contributed by atoms with Crippen molar-refractivity contribution in [2.45, 2.75) is 6.10 Å². The molecule has 2 rings (SSSR count). The topological polar surface area (TPSA) is 52.3 Å². The summed E-state index contributed by atoms with van der Waals surface area (Å²) in [5, 5.41) is 0. The van der Waals surface area contributed by atoms with E-state index in [-0.39, 0.29) is 23.5 Å². The van der Waals surface area contributed by atoms with Gasteiger partial charge in [-0.15, -0.1) is 0 Å². The summed E-state index contributed by atoms with van der Waals surface area (Å²) >= 11 is 0. The van der Waals surface area contributed by atoms with Crippen molar-refractivity contribution in [3.05, 3.63) is 36.3 Å². The quantitative estimate of drug-likeness (QED) is 0.565. The monoisotopic (exact) mass is 163 g/mol. The van der Waals surface area contributed by atoms with E-state index >= 15 is 0 Å². The average Bonchev–Trinajstić information content (AvgIpc) is 2.12. The van der Waals surface area contributed by atoms with Gasteiger partial charge in [-0.3, -0.25) is 4.79 Å². The lowest BCUT2D eigenvalue weighted by atomic mass is 9.90. The molecule has 12 heavy (non-hydrogen) atoms. The summed E-state index contributed by atoms with van der Waals surface area (Å²) in [6.45, 7) is 0. The highest BCUT2D eigenvalue weighted by atomic mass is 16.5. The van der Waals surface area contributed by atoms with E-state index in [9.17, 15) is 4.79 Å². The summed E-state index contributed by atoms with van der Waals surface area (Å²) in [6, 6.07) is 0. The first-order valence-electron chi connectivity index (χ1n) is 3.79. The highest BCUT2D eigenvalue weighted by Gasteiger charge is 2.31. The molecule has 3 heteroatoms. The van der Waals surface area contributed by atoms with Crippen molar-refractivity contribution in [2.24, 2.45) is 11.7 Å². The Morgan fingerprint density at radius 2 is 2.08 bits per heavy atom. The molecule has 1 heterocycles. The number of ketones is 1. The minimum atomic E-state index is -0.222. The second-order valence-electron chi connectivity index (χ2n) is 2.83. The van der Waals surface area contributed by atoms with Crippen LogP contribution in [0.3, 0.4) is 0 Å².